The number of anilines is 1. The topological polar surface area (TPSA) is 74.9 Å². The average molecular weight is 485 g/mol. The molecule has 0 bridgehead atoms. The summed E-state index contributed by atoms with van der Waals surface area (Å²) in [4.78, 5) is 15.2. The van der Waals surface area contributed by atoms with Crippen molar-refractivity contribution in [2.24, 2.45) is 0 Å². The SMILES string of the molecule is COc1ccc(NC(=O)c2cc3cc(C4(O)CCN(CC(C)c5ccccc5)CC4)ccc3o2)cc1. The molecule has 36 heavy (non-hydrogen) atoms. The number of methoxy groups -OCH3 is 1. The Morgan fingerprint density at radius 2 is 1.78 bits per heavy atom. The fraction of sp³-hybridized carbons (Fsp3) is 0.300. The Morgan fingerprint density at radius 3 is 2.47 bits per heavy atom. The molecule has 186 valence electrons. The number of nitrogens with one attached hydrogen (secondary N) is 1. The second-order valence-corrected chi connectivity index (χ2v) is 9.69. The molecule has 0 aliphatic carbocycles. The van der Waals surface area contributed by atoms with Crippen LogP contribution in [0.5, 0.6) is 5.75 Å². The van der Waals surface area contributed by atoms with Crippen molar-refractivity contribution >= 4 is 22.6 Å². The lowest BCUT2D eigenvalue weighted by Gasteiger charge is -2.39. The molecule has 1 atom stereocenters. The van der Waals surface area contributed by atoms with E-state index in [9.17, 15) is 9.90 Å². The molecule has 2 heterocycles. The molecule has 1 amide bonds. The third kappa shape index (κ3) is 5.15. The van der Waals surface area contributed by atoms with Crippen LogP contribution in [0.25, 0.3) is 11.0 Å². The van der Waals surface area contributed by atoms with Crippen LogP contribution in [0.1, 0.15) is 47.4 Å². The molecule has 0 radical (unpaired) electrons. The number of rotatable bonds is 7. The highest BCUT2D eigenvalue weighted by molar-refractivity contribution is 6.04. The summed E-state index contributed by atoms with van der Waals surface area (Å²) < 4.78 is 11.0. The summed E-state index contributed by atoms with van der Waals surface area (Å²) in [7, 11) is 1.60. The van der Waals surface area contributed by atoms with Gasteiger partial charge in [0.15, 0.2) is 5.76 Å². The summed E-state index contributed by atoms with van der Waals surface area (Å²) >= 11 is 0. The maximum Gasteiger partial charge on any atom is 0.291 e. The van der Waals surface area contributed by atoms with Gasteiger partial charge in [0.1, 0.15) is 11.3 Å². The molecule has 3 aromatic carbocycles. The molecule has 0 spiro atoms. The molecule has 1 aliphatic rings. The first-order valence-electron chi connectivity index (χ1n) is 12.4. The van der Waals surface area contributed by atoms with Gasteiger partial charge in [-0.3, -0.25) is 4.79 Å². The van der Waals surface area contributed by atoms with Crippen LogP contribution >= 0.6 is 0 Å². The minimum atomic E-state index is -0.885. The Kier molecular flexibility index (Phi) is 6.81. The first-order chi connectivity index (χ1) is 17.4. The van der Waals surface area contributed by atoms with E-state index in [1.807, 2.05) is 24.3 Å². The van der Waals surface area contributed by atoms with Crippen molar-refractivity contribution in [1.82, 2.24) is 4.90 Å². The van der Waals surface area contributed by atoms with Gasteiger partial charge in [0.2, 0.25) is 0 Å². The molecule has 6 heteroatoms. The van der Waals surface area contributed by atoms with Crippen LogP contribution in [0.4, 0.5) is 5.69 Å². The number of aliphatic hydroxyl groups is 1. The van der Waals surface area contributed by atoms with Gasteiger partial charge in [-0.25, -0.2) is 0 Å². The van der Waals surface area contributed by atoms with Crippen LogP contribution in [0.2, 0.25) is 0 Å². The quantitative estimate of drug-likeness (QED) is 0.348. The lowest BCUT2D eigenvalue weighted by molar-refractivity contribution is -0.0266. The monoisotopic (exact) mass is 484 g/mol. The van der Waals surface area contributed by atoms with Crippen molar-refractivity contribution in [3.63, 3.8) is 0 Å². The number of carbonyl (C=O) groups is 1. The molecular weight excluding hydrogens is 452 g/mol. The van der Waals surface area contributed by atoms with Crippen molar-refractivity contribution in [3.8, 4) is 5.75 Å². The van der Waals surface area contributed by atoms with Gasteiger partial charge in [-0.1, -0.05) is 43.3 Å². The zero-order chi connectivity index (χ0) is 25.1. The number of hydrogen-bond acceptors (Lipinski definition) is 5. The van der Waals surface area contributed by atoms with Crippen molar-refractivity contribution in [3.05, 3.63) is 95.7 Å². The molecule has 2 N–H and O–H groups in total. The van der Waals surface area contributed by atoms with E-state index < -0.39 is 5.60 Å². The van der Waals surface area contributed by atoms with Gasteiger partial charge in [0, 0.05) is 30.7 Å². The maximum absolute atomic E-state index is 12.7. The Hall–Kier alpha value is -3.61. The number of piperidine rings is 1. The minimum absolute atomic E-state index is 0.231. The Bertz CT molecular complexity index is 1320. The summed E-state index contributed by atoms with van der Waals surface area (Å²) in [6.45, 7) is 4.91. The zero-order valence-corrected chi connectivity index (χ0v) is 20.7. The molecule has 1 aromatic heterocycles. The largest absolute Gasteiger partial charge is 0.497 e. The third-order valence-corrected chi connectivity index (χ3v) is 7.21. The molecular formula is C30H32N2O4. The summed E-state index contributed by atoms with van der Waals surface area (Å²) in [5.74, 6) is 1.08. The van der Waals surface area contributed by atoms with Gasteiger partial charge in [-0.2, -0.15) is 0 Å². The second-order valence-electron chi connectivity index (χ2n) is 9.69. The Morgan fingerprint density at radius 1 is 1.06 bits per heavy atom. The first kappa shape index (κ1) is 24.1. The molecule has 1 unspecified atom stereocenters. The molecule has 4 aromatic rings. The number of amides is 1. The van der Waals surface area contributed by atoms with Gasteiger partial charge in [-0.05, 0) is 72.4 Å². The van der Waals surface area contributed by atoms with E-state index in [1.54, 1.807) is 37.4 Å². The third-order valence-electron chi connectivity index (χ3n) is 7.21. The van der Waals surface area contributed by atoms with E-state index >= 15 is 0 Å². The number of nitrogens with zero attached hydrogens (tertiary/aromatic N) is 1. The number of benzene rings is 3. The summed E-state index contributed by atoms with van der Waals surface area (Å²) in [5.41, 5.74) is 2.61. The van der Waals surface area contributed by atoms with Crippen LogP contribution in [-0.4, -0.2) is 42.7 Å². The van der Waals surface area contributed by atoms with E-state index in [0.29, 0.717) is 30.0 Å². The van der Waals surface area contributed by atoms with Gasteiger partial charge < -0.3 is 24.5 Å². The lowest BCUT2D eigenvalue weighted by atomic mass is 9.83. The molecule has 6 nitrogen and oxygen atoms in total. The smallest absolute Gasteiger partial charge is 0.291 e. The fourth-order valence-electron chi connectivity index (χ4n) is 4.98. The van der Waals surface area contributed by atoms with Crippen LogP contribution in [0.15, 0.2) is 83.3 Å². The number of likely N-dealkylation sites (tertiary alicyclic amines) is 1. The van der Waals surface area contributed by atoms with Crippen molar-refractivity contribution in [2.45, 2.75) is 31.3 Å². The predicted molar refractivity (Wildman–Crippen MR) is 142 cm³/mol. The minimum Gasteiger partial charge on any atom is -0.497 e. The average Bonchev–Trinajstić information content (AvgIpc) is 3.35. The van der Waals surface area contributed by atoms with Gasteiger partial charge in [0.25, 0.3) is 5.91 Å². The predicted octanol–water partition coefficient (Wildman–Crippen LogP) is 5.78. The van der Waals surface area contributed by atoms with Gasteiger partial charge >= 0.3 is 0 Å². The molecule has 1 aliphatic heterocycles. The molecule has 1 saturated heterocycles. The number of fused-ring (bicyclic) bond motifs is 1. The van der Waals surface area contributed by atoms with Crippen LogP contribution < -0.4 is 10.1 Å². The first-order valence-corrected chi connectivity index (χ1v) is 12.4. The molecule has 0 saturated carbocycles. The van der Waals surface area contributed by atoms with Gasteiger partial charge in [-0.15, -0.1) is 0 Å². The van der Waals surface area contributed by atoms with Crippen molar-refractivity contribution in [2.75, 3.05) is 32.1 Å². The number of furan rings is 1. The van der Waals surface area contributed by atoms with E-state index in [0.717, 1.165) is 36.3 Å². The summed E-state index contributed by atoms with van der Waals surface area (Å²) in [5, 5.41) is 15.1. The van der Waals surface area contributed by atoms with E-state index in [1.165, 1.54) is 5.56 Å². The number of hydrogen-bond donors (Lipinski definition) is 2. The highest BCUT2D eigenvalue weighted by Crippen LogP contribution is 2.35. The standard InChI is InChI=1S/C30H32N2O4/c1-21(22-6-4-3-5-7-22)20-32-16-14-30(34,15-17-32)24-8-13-27-23(18-24)19-28(36-27)29(33)31-25-9-11-26(35-2)12-10-25/h3-13,18-19,21,34H,14-17,20H2,1-2H3,(H,31,33). The van der Waals surface area contributed by atoms with E-state index in [4.69, 9.17) is 9.15 Å². The van der Waals surface area contributed by atoms with Crippen LogP contribution in [0.3, 0.4) is 0 Å². The van der Waals surface area contributed by atoms with Crippen LogP contribution in [0, 0.1) is 0 Å². The van der Waals surface area contributed by atoms with E-state index in [-0.39, 0.29) is 11.7 Å². The fourth-order valence-corrected chi connectivity index (χ4v) is 4.98. The Labute approximate surface area is 211 Å². The van der Waals surface area contributed by atoms with Crippen LogP contribution in [-0.2, 0) is 5.60 Å². The second kappa shape index (κ2) is 10.2. The molecule has 5 rings (SSSR count). The van der Waals surface area contributed by atoms with Crippen molar-refractivity contribution in [1.29, 1.82) is 0 Å². The Balaban J connectivity index is 1.24. The molecule has 1 fully saturated rings. The highest BCUT2D eigenvalue weighted by atomic mass is 16.5. The number of ether oxygens (including phenoxy) is 1. The number of carbonyl (C=O) groups excluding carboxylic acids is 1. The highest BCUT2D eigenvalue weighted by Gasteiger charge is 2.34. The lowest BCUT2D eigenvalue weighted by Crippen LogP contribution is -2.43. The summed E-state index contributed by atoms with van der Waals surface area (Å²) in [6, 6.07) is 25.1. The normalized spacial score (nSPS) is 16.5. The summed E-state index contributed by atoms with van der Waals surface area (Å²) in [6.07, 6.45) is 1.34. The van der Waals surface area contributed by atoms with Gasteiger partial charge in [0.05, 0.1) is 12.7 Å². The zero-order valence-electron chi connectivity index (χ0n) is 20.7. The maximum atomic E-state index is 12.7. The van der Waals surface area contributed by atoms with E-state index in [2.05, 4.69) is 41.4 Å². The van der Waals surface area contributed by atoms with Crippen molar-refractivity contribution < 1.29 is 19.1 Å².